The number of H-pyrrole nitrogens is 1. The Bertz CT molecular complexity index is 1790. The van der Waals surface area contributed by atoms with Crippen LogP contribution in [-0.4, -0.2) is 15.0 Å². The van der Waals surface area contributed by atoms with Crippen LogP contribution in [0, 0.1) is 0 Å². The lowest BCUT2D eigenvalue weighted by Gasteiger charge is -2.10. The van der Waals surface area contributed by atoms with E-state index in [0.717, 1.165) is 44.9 Å². The van der Waals surface area contributed by atoms with Crippen LogP contribution in [0.25, 0.3) is 66.8 Å². The summed E-state index contributed by atoms with van der Waals surface area (Å²) in [5.74, 6) is 0.727. The predicted molar refractivity (Wildman–Crippen MR) is 153 cm³/mol. The number of benzene rings is 5. The van der Waals surface area contributed by atoms with Crippen LogP contribution in [0.1, 0.15) is 0 Å². The van der Waals surface area contributed by atoms with Gasteiger partial charge in [-0.1, -0.05) is 115 Å². The van der Waals surface area contributed by atoms with Crippen LogP contribution in [0.2, 0.25) is 0 Å². The van der Waals surface area contributed by atoms with Crippen LogP contribution < -0.4 is 0 Å². The second-order valence-corrected chi connectivity index (χ2v) is 9.20. The van der Waals surface area contributed by atoms with Gasteiger partial charge in [0.05, 0.1) is 11.4 Å². The molecular weight excluding hydrogens is 450 g/mol. The highest BCUT2D eigenvalue weighted by atomic mass is 14.9. The second kappa shape index (κ2) is 8.89. The number of aromatic nitrogens is 3. The monoisotopic (exact) mass is 473 g/mol. The normalized spacial score (nSPS) is 11.2. The fraction of sp³-hybridized carbons (Fsp3) is 0. The van der Waals surface area contributed by atoms with Gasteiger partial charge in [0, 0.05) is 38.5 Å². The first kappa shape index (κ1) is 21.3. The number of hydrogen-bond acceptors (Lipinski definition) is 2. The molecule has 3 nitrogen and oxygen atoms in total. The molecule has 0 unspecified atom stereocenters. The van der Waals surface area contributed by atoms with Gasteiger partial charge < -0.3 is 4.98 Å². The van der Waals surface area contributed by atoms with Crippen molar-refractivity contribution < 1.29 is 0 Å². The topological polar surface area (TPSA) is 41.6 Å². The lowest BCUT2D eigenvalue weighted by Crippen LogP contribution is -1.95. The standard InChI is InChI=1S/C34H23N3/c1-3-9-24(10-4-1)31-22-32(37-34(36-31)26-11-5-2-6-12-26)25-17-15-23(16-18-25)27-19-20-29-28-13-7-8-14-30(28)35-33(29)21-27/h1-22,35H. The van der Waals surface area contributed by atoms with Gasteiger partial charge in [-0.05, 0) is 29.3 Å². The van der Waals surface area contributed by atoms with E-state index in [1.807, 2.05) is 36.4 Å². The molecular formula is C34H23N3. The molecule has 5 aromatic carbocycles. The van der Waals surface area contributed by atoms with Crippen molar-refractivity contribution in [1.29, 1.82) is 0 Å². The molecule has 0 aliphatic heterocycles. The van der Waals surface area contributed by atoms with Crippen molar-refractivity contribution in [3.05, 3.63) is 133 Å². The third-order valence-corrected chi connectivity index (χ3v) is 6.85. The molecule has 37 heavy (non-hydrogen) atoms. The Morgan fingerprint density at radius 3 is 1.65 bits per heavy atom. The molecule has 7 aromatic rings. The number of fused-ring (bicyclic) bond motifs is 3. The molecule has 3 heteroatoms. The Labute approximate surface area is 215 Å². The van der Waals surface area contributed by atoms with E-state index in [0.29, 0.717) is 0 Å². The van der Waals surface area contributed by atoms with Gasteiger partial charge in [-0.25, -0.2) is 9.97 Å². The molecule has 0 fully saturated rings. The highest BCUT2D eigenvalue weighted by Crippen LogP contribution is 2.32. The molecule has 0 amide bonds. The average molecular weight is 474 g/mol. The molecule has 174 valence electrons. The largest absolute Gasteiger partial charge is 0.354 e. The van der Waals surface area contributed by atoms with E-state index < -0.39 is 0 Å². The SMILES string of the molecule is c1ccc(-c2cc(-c3ccc(-c4ccc5c(c4)[nH]c4ccccc45)cc3)nc(-c3ccccc3)n2)cc1. The lowest BCUT2D eigenvalue weighted by atomic mass is 10.0. The van der Waals surface area contributed by atoms with Crippen molar-refractivity contribution in [3.63, 3.8) is 0 Å². The maximum atomic E-state index is 4.95. The van der Waals surface area contributed by atoms with E-state index in [1.165, 1.54) is 21.9 Å². The molecule has 1 N–H and O–H groups in total. The lowest BCUT2D eigenvalue weighted by molar-refractivity contribution is 1.18. The molecule has 7 rings (SSSR count). The molecule has 0 atom stereocenters. The van der Waals surface area contributed by atoms with E-state index in [4.69, 9.17) is 9.97 Å². The van der Waals surface area contributed by atoms with Crippen LogP contribution in [-0.2, 0) is 0 Å². The van der Waals surface area contributed by atoms with Crippen molar-refractivity contribution in [2.75, 3.05) is 0 Å². The van der Waals surface area contributed by atoms with Crippen molar-refractivity contribution >= 4 is 21.8 Å². The van der Waals surface area contributed by atoms with Crippen molar-refractivity contribution in [2.45, 2.75) is 0 Å². The Balaban J connectivity index is 1.29. The van der Waals surface area contributed by atoms with Gasteiger partial charge in [0.15, 0.2) is 5.82 Å². The minimum absolute atomic E-state index is 0.727. The van der Waals surface area contributed by atoms with Gasteiger partial charge in [0.1, 0.15) is 0 Å². The summed E-state index contributed by atoms with van der Waals surface area (Å²) >= 11 is 0. The van der Waals surface area contributed by atoms with Gasteiger partial charge in [-0.15, -0.1) is 0 Å². The molecule has 0 radical (unpaired) electrons. The summed E-state index contributed by atoms with van der Waals surface area (Å²) in [7, 11) is 0. The van der Waals surface area contributed by atoms with Gasteiger partial charge >= 0.3 is 0 Å². The number of para-hydroxylation sites is 1. The first-order valence-corrected chi connectivity index (χ1v) is 12.4. The number of aromatic amines is 1. The van der Waals surface area contributed by atoms with Crippen molar-refractivity contribution in [1.82, 2.24) is 15.0 Å². The maximum absolute atomic E-state index is 4.95. The first-order valence-electron chi connectivity index (χ1n) is 12.4. The Morgan fingerprint density at radius 1 is 0.378 bits per heavy atom. The van der Waals surface area contributed by atoms with Crippen molar-refractivity contribution in [2.24, 2.45) is 0 Å². The highest BCUT2D eigenvalue weighted by molar-refractivity contribution is 6.08. The molecule has 0 aliphatic carbocycles. The van der Waals surface area contributed by atoms with Gasteiger partial charge in [-0.3, -0.25) is 0 Å². The highest BCUT2D eigenvalue weighted by Gasteiger charge is 2.11. The van der Waals surface area contributed by atoms with E-state index in [2.05, 4.69) is 102 Å². The Hall–Kier alpha value is -5.02. The Morgan fingerprint density at radius 2 is 0.919 bits per heavy atom. The summed E-state index contributed by atoms with van der Waals surface area (Å²) in [6.07, 6.45) is 0. The summed E-state index contributed by atoms with van der Waals surface area (Å²) in [5, 5.41) is 2.51. The minimum Gasteiger partial charge on any atom is -0.354 e. The summed E-state index contributed by atoms with van der Waals surface area (Å²) in [6, 6.07) is 46.2. The van der Waals surface area contributed by atoms with Crippen molar-refractivity contribution in [3.8, 4) is 45.0 Å². The van der Waals surface area contributed by atoms with E-state index >= 15 is 0 Å². The van der Waals surface area contributed by atoms with Crippen LogP contribution >= 0.6 is 0 Å². The average Bonchev–Trinajstić information content (AvgIpc) is 3.36. The zero-order valence-corrected chi connectivity index (χ0v) is 20.1. The van der Waals surface area contributed by atoms with E-state index in [1.54, 1.807) is 0 Å². The Kier molecular flexibility index (Phi) is 5.11. The summed E-state index contributed by atoms with van der Waals surface area (Å²) in [5.41, 5.74) is 9.63. The fourth-order valence-corrected chi connectivity index (χ4v) is 4.94. The number of nitrogens with zero attached hydrogens (tertiary/aromatic N) is 2. The predicted octanol–water partition coefficient (Wildman–Crippen LogP) is 8.78. The number of rotatable bonds is 4. The minimum atomic E-state index is 0.727. The van der Waals surface area contributed by atoms with Gasteiger partial charge in [0.2, 0.25) is 0 Å². The number of nitrogens with one attached hydrogen (secondary N) is 1. The molecule has 2 heterocycles. The second-order valence-electron chi connectivity index (χ2n) is 9.20. The molecule has 2 aromatic heterocycles. The zero-order valence-electron chi connectivity index (χ0n) is 20.1. The van der Waals surface area contributed by atoms with E-state index in [-0.39, 0.29) is 0 Å². The fourth-order valence-electron chi connectivity index (χ4n) is 4.94. The number of hydrogen-bond donors (Lipinski definition) is 1. The summed E-state index contributed by atoms with van der Waals surface area (Å²) in [6.45, 7) is 0. The third kappa shape index (κ3) is 3.97. The molecule has 0 bridgehead atoms. The van der Waals surface area contributed by atoms with Gasteiger partial charge in [-0.2, -0.15) is 0 Å². The molecule has 0 saturated heterocycles. The maximum Gasteiger partial charge on any atom is 0.160 e. The van der Waals surface area contributed by atoms with Crippen LogP contribution in [0.5, 0.6) is 0 Å². The van der Waals surface area contributed by atoms with Crippen LogP contribution in [0.3, 0.4) is 0 Å². The van der Waals surface area contributed by atoms with E-state index in [9.17, 15) is 0 Å². The smallest absolute Gasteiger partial charge is 0.160 e. The molecule has 0 saturated carbocycles. The first-order chi connectivity index (χ1) is 18.3. The summed E-state index contributed by atoms with van der Waals surface area (Å²) < 4.78 is 0. The molecule has 0 aliphatic rings. The third-order valence-electron chi connectivity index (χ3n) is 6.85. The quantitative estimate of drug-likeness (QED) is 0.277. The van der Waals surface area contributed by atoms with Crippen LogP contribution in [0.4, 0.5) is 0 Å². The van der Waals surface area contributed by atoms with Crippen LogP contribution in [0.15, 0.2) is 133 Å². The van der Waals surface area contributed by atoms with Gasteiger partial charge in [0.25, 0.3) is 0 Å². The molecule has 0 spiro atoms. The zero-order chi connectivity index (χ0) is 24.6. The summed E-state index contributed by atoms with van der Waals surface area (Å²) in [4.78, 5) is 13.4.